The van der Waals surface area contributed by atoms with Crippen LogP contribution in [0.5, 0.6) is 0 Å². The standard InChI is InChI=1S/C14H20N2OS/c1-16(13-6-8-17-9-7-13)10-11-2-4-12(5-3-11)14(15)18/h2-5,13H,6-10H2,1H3,(H2,15,18). The van der Waals surface area contributed by atoms with Gasteiger partial charge in [-0.25, -0.2) is 0 Å². The molecule has 2 N–H and O–H groups in total. The second kappa shape index (κ2) is 6.27. The van der Waals surface area contributed by atoms with Crippen LogP contribution >= 0.6 is 12.2 Å². The van der Waals surface area contributed by atoms with Crippen LogP contribution in [-0.4, -0.2) is 36.2 Å². The molecule has 4 heteroatoms. The molecule has 98 valence electrons. The fraction of sp³-hybridized carbons (Fsp3) is 0.500. The summed E-state index contributed by atoms with van der Waals surface area (Å²) in [4.78, 5) is 2.86. The molecule has 0 saturated carbocycles. The predicted molar refractivity (Wildman–Crippen MR) is 77.6 cm³/mol. The van der Waals surface area contributed by atoms with Gasteiger partial charge < -0.3 is 10.5 Å². The van der Waals surface area contributed by atoms with Gasteiger partial charge in [0.05, 0.1) is 0 Å². The van der Waals surface area contributed by atoms with Gasteiger partial charge in [-0.2, -0.15) is 0 Å². The fourth-order valence-corrected chi connectivity index (χ4v) is 2.45. The van der Waals surface area contributed by atoms with E-state index in [0.29, 0.717) is 11.0 Å². The minimum absolute atomic E-state index is 0.458. The Morgan fingerprint density at radius 3 is 2.50 bits per heavy atom. The molecule has 1 heterocycles. The highest BCUT2D eigenvalue weighted by Crippen LogP contribution is 2.16. The third-order valence-corrected chi connectivity index (χ3v) is 3.72. The number of rotatable bonds is 4. The maximum absolute atomic E-state index is 5.59. The Labute approximate surface area is 114 Å². The number of hydrogen-bond donors (Lipinski definition) is 1. The summed E-state index contributed by atoms with van der Waals surface area (Å²) < 4.78 is 5.39. The van der Waals surface area contributed by atoms with Crippen molar-refractivity contribution in [3.8, 4) is 0 Å². The monoisotopic (exact) mass is 264 g/mol. The highest BCUT2D eigenvalue weighted by molar-refractivity contribution is 7.80. The molecule has 1 aromatic rings. The van der Waals surface area contributed by atoms with E-state index in [1.54, 1.807) is 0 Å². The number of hydrogen-bond acceptors (Lipinski definition) is 3. The second-order valence-corrected chi connectivity index (χ2v) is 5.26. The summed E-state index contributed by atoms with van der Waals surface area (Å²) in [7, 11) is 2.18. The second-order valence-electron chi connectivity index (χ2n) is 4.82. The molecule has 0 amide bonds. The van der Waals surface area contributed by atoms with Crippen molar-refractivity contribution in [1.82, 2.24) is 4.90 Å². The first-order chi connectivity index (χ1) is 8.66. The predicted octanol–water partition coefficient (Wildman–Crippen LogP) is 1.93. The summed E-state index contributed by atoms with van der Waals surface area (Å²) >= 11 is 4.95. The number of nitrogens with zero attached hydrogens (tertiary/aromatic N) is 1. The molecule has 0 atom stereocenters. The zero-order valence-corrected chi connectivity index (χ0v) is 11.6. The Morgan fingerprint density at radius 1 is 1.33 bits per heavy atom. The largest absolute Gasteiger partial charge is 0.389 e. The third-order valence-electron chi connectivity index (χ3n) is 3.48. The van der Waals surface area contributed by atoms with Crippen molar-refractivity contribution in [1.29, 1.82) is 0 Å². The van der Waals surface area contributed by atoms with Crippen molar-refractivity contribution < 1.29 is 4.74 Å². The number of thiocarbonyl (C=S) groups is 1. The van der Waals surface area contributed by atoms with Crippen LogP contribution in [0.2, 0.25) is 0 Å². The molecule has 0 radical (unpaired) electrons. The van der Waals surface area contributed by atoms with Crippen LogP contribution in [0.4, 0.5) is 0 Å². The molecule has 2 rings (SSSR count). The van der Waals surface area contributed by atoms with E-state index in [1.165, 1.54) is 5.56 Å². The quantitative estimate of drug-likeness (QED) is 0.843. The molecule has 0 unspecified atom stereocenters. The van der Waals surface area contributed by atoms with E-state index in [4.69, 9.17) is 22.7 Å². The van der Waals surface area contributed by atoms with Gasteiger partial charge in [-0.15, -0.1) is 0 Å². The van der Waals surface area contributed by atoms with Gasteiger partial charge in [0.25, 0.3) is 0 Å². The minimum Gasteiger partial charge on any atom is -0.389 e. The fourth-order valence-electron chi connectivity index (χ4n) is 2.32. The van der Waals surface area contributed by atoms with Gasteiger partial charge in [-0.3, -0.25) is 4.90 Å². The van der Waals surface area contributed by atoms with E-state index >= 15 is 0 Å². The van der Waals surface area contributed by atoms with Gasteiger partial charge in [0.2, 0.25) is 0 Å². The zero-order chi connectivity index (χ0) is 13.0. The lowest BCUT2D eigenvalue weighted by atomic mass is 10.1. The van der Waals surface area contributed by atoms with E-state index in [0.717, 1.165) is 38.2 Å². The maximum Gasteiger partial charge on any atom is 0.103 e. The average Bonchev–Trinajstić information content (AvgIpc) is 2.40. The smallest absolute Gasteiger partial charge is 0.103 e. The SMILES string of the molecule is CN(Cc1ccc(C(N)=S)cc1)C1CCOCC1. The minimum atomic E-state index is 0.458. The van der Waals surface area contributed by atoms with Crippen LogP contribution in [0, 0.1) is 0 Å². The molecule has 1 aliphatic rings. The Bertz CT molecular complexity index is 399. The number of ether oxygens (including phenoxy) is 1. The summed E-state index contributed by atoms with van der Waals surface area (Å²) in [6.45, 7) is 2.73. The molecule has 0 bridgehead atoms. The topological polar surface area (TPSA) is 38.5 Å². The molecule has 3 nitrogen and oxygen atoms in total. The van der Waals surface area contributed by atoms with E-state index in [-0.39, 0.29) is 0 Å². The Morgan fingerprint density at radius 2 is 1.94 bits per heavy atom. The molecule has 1 aromatic carbocycles. The molecule has 0 aromatic heterocycles. The summed E-state index contributed by atoms with van der Waals surface area (Å²) in [6.07, 6.45) is 2.25. The first kappa shape index (κ1) is 13.5. The first-order valence-electron chi connectivity index (χ1n) is 6.33. The summed E-state index contributed by atoms with van der Waals surface area (Å²) in [6, 6.07) is 8.83. The van der Waals surface area contributed by atoms with Gasteiger partial charge in [0.15, 0.2) is 0 Å². The van der Waals surface area contributed by atoms with Crippen LogP contribution in [0.3, 0.4) is 0 Å². The van der Waals surface area contributed by atoms with Crippen molar-refractivity contribution in [3.05, 3.63) is 35.4 Å². The molecule has 0 spiro atoms. The number of benzene rings is 1. The van der Waals surface area contributed by atoms with Gasteiger partial charge in [0, 0.05) is 31.4 Å². The highest BCUT2D eigenvalue weighted by Gasteiger charge is 2.18. The molecule has 1 saturated heterocycles. The lowest BCUT2D eigenvalue weighted by Crippen LogP contribution is -2.36. The molecule has 18 heavy (non-hydrogen) atoms. The van der Waals surface area contributed by atoms with Crippen molar-refractivity contribution in [2.45, 2.75) is 25.4 Å². The Hall–Kier alpha value is -0.970. The molecular formula is C14H20N2OS. The molecule has 1 aliphatic heterocycles. The maximum atomic E-state index is 5.59. The van der Waals surface area contributed by atoms with E-state index in [2.05, 4.69) is 24.1 Å². The highest BCUT2D eigenvalue weighted by atomic mass is 32.1. The van der Waals surface area contributed by atoms with Gasteiger partial charge in [0.1, 0.15) is 4.99 Å². The van der Waals surface area contributed by atoms with Crippen LogP contribution in [0.1, 0.15) is 24.0 Å². The van der Waals surface area contributed by atoms with Crippen molar-refractivity contribution >= 4 is 17.2 Å². The normalized spacial score (nSPS) is 17.0. The van der Waals surface area contributed by atoms with Gasteiger partial charge in [-0.1, -0.05) is 36.5 Å². The molecular weight excluding hydrogens is 244 g/mol. The summed E-state index contributed by atoms with van der Waals surface area (Å²) in [5, 5.41) is 0. The number of nitrogens with two attached hydrogens (primary N) is 1. The lowest BCUT2D eigenvalue weighted by Gasteiger charge is -2.31. The van der Waals surface area contributed by atoms with Crippen LogP contribution in [0.15, 0.2) is 24.3 Å². The summed E-state index contributed by atoms with van der Waals surface area (Å²) in [5.74, 6) is 0. The van der Waals surface area contributed by atoms with Crippen molar-refractivity contribution in [2.24, 2.45) is 5.73 Å². The Balaban J connectivity index is 1.93. The van der Waals surface area contributed by atoms with Crippen molar-refractivity contribution in [2.75, 3.05) is 20.3 Å². The van der Waals surface area contributed by atoms with E-state index < -0.39 is 0 Å². The zero-order valence-electron chi connectivity index (χ0n) is 10.8. The lowest BCUT2D eigenvalue weighted by molar-refractivity contribution is 0.0407. The van der Waals surface area contributed by atoms with Crippen LogP contribution in [-0.2, 0) is 11.3 Å². The molecule has 0 aliphatic carbocycles. The summed E-state index contributed by atoms with van der Waals surface area (Å²) in [5.41, 5.74) is 7.82. The van der Waals surface area contributed by atoms with Gasteiger partial charge in [-0.05, 0) is 25.5 Å². The average molecular weight is 264 g/mol. The van der Waals surface area contributed by atoms with Crippen LogP contribution < -0.4 is 5.73 Å². The van der Waals surface area contributed by atoms with E-state index in [9.17, 15) is 0 Å². The first-order valence-corrected chi connectivity index (χ1v) is 6.74. The van der Waals surface area contributed by atoms with E-state index in [1.807, 2.05) is 12.1 Å². The Kier molecular flexibility index (Phi) is 4.69. The van der Waals surface area contributed by atoms with Crippen molar-refractivity contribution in [3.63, 3.8) is 0 Å². The van der Waals surface area contributed by atoms with Gasteiger partial charge >= 0.3 is 0 Å². The molecule has 1 fully saturated rings. The third kappa shape index (κ3) is 3.51. The van der Waals surface area contributed by atoms with Crippen LogP contribution in [0.25, 0.3) is 0 Å².